The number of imidazole rings is 1. The highest BCUT2D eigenvalue weighted by Gasteiger charge is 2.24. The van der Waals surface area contributed by atoms with Crippen LogP contribution in [-0.4, -0.2) is 20.3 Å². The molecule has 1 heterocycles. The fraction of sp³-hybridized carbons (Fsp3) is 0.286. The zero-order valence-electron chi connectivity index (χ0n) is 11.9. The van der Waals surface area contributed by atoms with Crippen LogP contribution in [-0.2, 0) is 6.54 Å². The summed E-state index contributed by atoms with van der Waals surface area (Å²) >= 11 is 0. The fourth-order valence-electron chi connectivity index (χ4n) is 2.12. The van der Waals surface area contributed by atoms with Gasteiger partial charge in [-0.2, -0.15) is 0 Å². The van der Waals surface area contributed by atoms with Crippen LogP contribution in [0.5, 0.6) is 0 Å². The number of aryl methyl sites for hydroxylation is 1. The van der Waals surface area contributed by atoms with E-state index in [1.54, 1.807) is 13.8 Å². The summed E-state index contributed by atoms with van der Waals surface area (Å²) in [6.45, 7) is 3.18. The molecule has 0 fully saturated rings. The summed E-state index contributed by atoms with van der Waals surface area (Å²) in [4.78, 5) is 26.4. The number of carbonyl (C=O) groups excluding carboxylic acids is 1. The highest BCUT2D eigenvalue weighted by Crippen LogP contribution is 2.19. The van der Waals surface area contributed by atoms with Crippen LogP contribution in [0.1, 0.15) is 23.1 Å². The Hall–Kier alpha value is -2.64. The number of hydrogen-bond acceptors (Lipinski definition) is 4. The molecule has 2 rings (SSSR count). The van der Waals surface area contributed by atoms with E-state index >= 15 is 0 Å². The van der Waals surface area contributed by atoms with E-state index in [1.165, 1.54) is 10.6 Å². The molecule has 0 saturated heterocycles. The van der Waals surface area contributed by atoms with Crippen molar-refractivity contribution in [2.75, 3.05) is 0 Å². The minimum atomic E-state index is -1.11. The molecule has 116 valence electrons. The minimum Gasteiger partial charge on any atom is -0.358 e. The van der Waals surface area contributed by atoms with E-state index < -0.39 is 28.3 Å². The molecule has 1 unspecified atom stereocenters. The van der Waals surface area contributed by atoms with Gasteiger partial charge in [0.05, 0.1) is 5.92 Å². The van der Waals surface area contributed by atoms with Crippen LogP contribution in [0.4, 0.5) is 14.6 Å². The summed E-state index contributed by atoms with van der Waals surface area (Å²) in [7, 11) is 0. The van der Waals surface area contributed by atoms with Gasteiger partial charge < -0.3 is 10.1 Å². The number of benzene rings is 1. The van der Waals surface area contributed by atoms with Crippen LogP contribution in [0, 0.1) is 34.6 Å². The largest absolute Gasteiger partial charge is 0.358 e. The topological polar surface area (TPSA) is 78.0 Å². The van der Waals surface area contributed by atoms with Crippen molar-refractivity contribution in [1.29, 1.82) is 0 Å². The molecule has 0 N–H and O–H groups in total. The van der Waals surface area contributed by atoms with E-state index in [0.29, 0.717) is 5.82 Å². The third-order valence-corrected chi connectivity index (χ3v) is 3.33. The van der Waals surface area contributed by atoms with Crippen LogP contribution in [0.2, 0.25) is 0 Å². The molecule has 6 nitrogen and oxygen atoms in total. The van der Waals surface area contributed by atoms with E-state index in [4.69, 9.17) is 0 Å². The van der Waals surface area contributed by atoms with Crippen molar-refractivity contribution >= 4 is 11.6 Å². The number of Topliss-reactive ketones (excluding diaryl/α,β-unsaturated/α-hetero) is 1. The van der Waals surface area contributed by atoms with Gasteiger partial charge in [-0.05, 0) is 23.1 Å². The lowest BCUT2D eigenvalue weighted by Gasteiger charge is -2.10. The third-order valence-electron chi connectivity index (χ3n) is 3.33. The number of aromatic nitrogens is 2. The molecule has 0 bridgehead atoms. The summed E-state index contributed by atoms with van der Waals surface area (Å²) in [6, 6.07) is 2.88. The van der Waals surface area contributed by atoms with E-state index in [2.05, 4.69) is 4.98 Å². The maximum atomic E-state index is 13.2. The Kier molecular flexibility index (Phi) is 4.30. The Balaban J connectivity index is 2.23. The van der Waals surface area contributed by atoms with Crippen LogP contribution in [0.25, 0.3) is 0 Å². The molecule has 2 aromatic rings. The number of ketones is 1. The molecule has 0 aliphatic rings. The number of carbonyl (C=O) groups is 1. The zero-order valence-corrected chi connectivity index (χ0v) is 11.9. The Morgan fingerprint density at radius 2 is 2.09 bits per heavy atom. The average Bonchev–Trinajstić information content (AvgIpc) is 2.82. The molecule has 0 aliphatic carbocycles. The van der Waals surface area contributed by atoms with Crippen molar-refractivity contribution < 1.29 is 18.5 Å². The van der Waals surface area contributed by atoms with Gasteiger partial charge in [-0.25, -0.2) is 18.3 Å². The Bertz CT molecular complexity index is 743. The average molecular weight is 309 g/mol. The van der Waals surface area contributed by atoms with E-state index in [0.717, 1.165) is 18.3 Å². The van der Waals surface area contributed by atoms with Crippen LogP contribution in [0.3, 0.4) is 0 Å². The minimum absolute atomic E-state index is 0.0202. The molecule has 22 heavy (non-hydrogen) atoms. The smallest absolute Gasteiger partial charge is 0.342 e. The predicted octanol–water partition coefficient (Wildman–Crippen LogP) is 2.90. The Morgan fingerprint density at radius 1 is 1.41 bits per heavy atom. The normalized spacial score (nSPS) is 12.2. The molecule has 0 saturated carbocycles. The van der Waals surface area contributed by atoms with Gasteiger partial charge in [0.2, 0.25) is 0 Å². The van der Waals surface area contributed by atoms with Gasteiger partial charge in [0.15, 0.2) is 23.2 Å². The van der Waals surface area contributed by atoms with Gasteiger partial charge in [0, 0.05) is 12.5 Å². The molecule has 0 spiro atoms. The predicted molar refractivity (Wildman–Crippen MR) is 73.5 cm³/mol. The van der Waals surface area contributed by atoms with Gasteiger partial charge >= 0.3 is 5.82 Å². The van der Waals surface area contributed by atoms with Crippen molar-refractivity contribution in [2.24, 2.45) is 5.92 Å². The van der Waals surface area contributed by atoms with Gasteiger partial charge in [0.25, 0.3) is 0 Å². The van der Waals surface area contributed by atoms with Gasteiger partial charge in [0.1, 0.15) is 12.7 Å². The fourth-order valence-corrected chi connectivity index (χ4v) is 2.12. The SMILES string of the molecule is Cc1ncc([N+](=O)[O-])n1CC(C)C(=O)c1ccc(F)c(F)c1. The van der Waals surface area contributed by atoms with Crippen LogP contribution >= 0.6 is 0 Å². The third kappa shape index (κ3) is 3.00. The second kappa shape index (κ2) is 6.00. The monoisotopic (exact) mass is 309 g/mol. The molecule has 0 aliphatic heterocycles. The Morgan fingerprint density at radius 3 is 2.68 bits per heavy atom. The van der Waals surface area contributed by atoms with Crippen molar-refractivity contribution in [3.8, 4) is 0 Å². The van der Waals surface area contributed by atoms with Gasteiger partial charge in [-0.15, -0.1) is 0 Å². The number of halogens is 2. The quantitative estimate of drug-likeness (QED) is 0.483. The van der Waals surface area contributed by atoms with Gasteiger partial charge in [-0.1, -0.05) is 6.92 Å². The highest BCUT2D eigenvalue weighted by atomic mass is 19.2. The second-order valence-corrected chi connectivity index (χ2v) is 4.93. The number of nitrogens with zero attached hydrogens (tertiary/aromatic N) is 3. The lowest BCUT2D eigenvalue weighted by molar-refractivity contribution is -0.392. The molecule has 1 aromatic heterocycles. The van der Waals surface area contributed by atoms with Crippen molar-refractivity contribution in [3.63, 3.8) is 0 Å². The van der Waals surface area contributed by atoms with Gasteiger partial charge in [-0.3, -0.25) is 4.79 Å². The summed E-state index contributed by atoms with van der Waals surface area (Å²) in [5.41, 5.74) is 0.0202. The maximum absolute atomic E-state index is 13.2. The van der Waals surface area contributed by atoms with Crippen molar-refractivity contribution in [3.05, 3.63) is 57.5 Å². The first-order chi connectivity index (χ1) is 10.3. The van der Waals surface area contributed by atoms with E-state index in [-0.39, 0.29) is 17.9 Å². The lowest BCUT2D eigenvalue weighted by Crippen LogP contribution is -2.19. The molecule has 0 radical (unpaired) electrons. The molecule has 0 amide bonds. The summed E-state index contributed by atoms with van der Waals surface area (Å²) in [5.74, 6) is -3.05. The molecule has 1 aromatic carbocycles. The number of nitro groups is 1. The summed E-state index contributed by atoms with van der Waals surface area (Å²) in [6.07, 6.45) is 1.12. The summed E-state index contributed by atoms with van der Waals surface area (Å²) < 4.78 is 27.4. The number of rotatable bonds is 5. The lowest BCUT2D eigenvalue weighted by atomic mass is 9.99. The molecular formula is C14H13F2N3O3. The Labute approximate surface area is 124 Å². The number of hydrogen-bond donors (Lipinski definition) is 0. The van der Waals surface area contributed by atoms with Crippen LogP contribution < -0.4 is 0 Å². The highest BCUT2D eigenvalue weighted by molar-refractivity contribution is 5.97. The van der Waals surface area contributed by atoms with E-state index in [1.807, 2.05) is 0 Å². The standard InChI is InChI=1S/C14H13F2N3O3/c1-8(7-18-9(2)17-6-13(18)19(21)22)14(20)10-3-4-11(15)12(16)5-10/h3-6,8H,7H2,1-2H3. The van der Waals surface area contributed by atoms with Crippen molar-refractivity contribution in [2.45, 2.75) is 20.4 Å². The maximum Gasteiger partial charge on any atom is 0.342 e. The first-order valence-electron chi connectivity index (χ1n) is 6.47. The molecular weight excluding hydrogens is 296 g/mol. The second-order valence-electron chi connectivity index (χ2n) is 4.93. The first kappa shape index (κ1) is 15.7. The summed E-state index contributed by atoms with van der Waals surface area (Å²) in [5, 5.41) is 10.9. The molecule has 8 heteroatoms. The zero-order chi connectivity index (χ0) is 16.4. The first-order valence-corrected chi connectivity index (χ1v) is 6.47. The van der Waals surface area contributed by atoms with E-state index in [9.17, 15) is 23.7 Å². The van der Waals surface area contributed by atoms with Crippen molar-refractivity contribution in [1.82, 2.24) is 9.55 Å². The van der Waals surface area contributed by atoms with Crippen LogP contribution in [0.15, 0.2) is 24.4 Å². The molecule has 1 atom stereocenters.